The number of fused-ring (bicyclic) bond motifs is 1. The highest BCUT2D eigenvalue weighted by Gasteiger charge is 2.27. The van der Waals surface area contributed by atoms with E-state index in [4.69, 9.17) is 0 Å². The monoisotopic (exact) mass is 316 g/mol. The van der Waals surface area contributed by atoms with E-state index >= 15 is 0 Å². The maximum atomic E-state index is 12.8. The molecule has 0 aromatic heterocycles. The molecule has 0 spiro atoms. The number of para-hydroxylation sites is 1. The summed E-state index contributed by atoms with van der Waals surface area (Å²) in [5, 5.41) is 0. The molecule has 3 rings (SSSR count). The molecule has 0 fully saturated rings. The summed E-state index contributed by atoms with van der Waals surface area (Å²) in [4.78, 5) is 0. The van der Waals surface area contributed by atoms with Gasteiger partial charge in [0, 0.05) is 6.54 Å². The van der Waals surface area contributed by atoms with Crippen molar-refractivity contribution >= 4 is 21.6 Å². The predicted molar refractivity (Wildman–Crippen MR) is 90.6 cm³/mol. The van der Waals surface area contributed by atoms with Crippen molar-refractivity contribution in [3.05, 3.63) is 59.2 Å². The zero-order valence-corrected chi connectivity index (χ0v) is 13.7. The second-order valence-corrected chi connectivity index (χ2v) is 7.32. The molecule has 2 aromatic carbocycles. The van der Waals surface area contributed by atoms with Crippen molar-refractivity contribution in [2.24, 2.45) is 0 Å². The Labute approximate surface area is 132 Å². The lowest BCUT2D eigenvalue weighted by atomic mass is 10.0. The fourth-order valence-corrected chi connectivity index (χ4v) is 4.20. The largest absolute Gasteiger partial charge is 0.323 e. The lowest BCUT2D eigenvalue weighted by Gasteiger charge is -2.30. The number of hydrogen-bond donors (Lipinski definition) is 1. The second kappa shape index (κ2) is 5.65. The van der Waals surface area contributed by atoms with Gasteiger partial charge in [-0.2, -0.15) is 8.42 Å². The van der Waals surface area contributed by atoms with Crippen LogP contribution in [0.15, 0.2) is 42.5 Å². The molecule has 2 aromatic rings. The lowest BCUT2D eigenvalue weighted by Crippen LogP contribution is -2.39. The van der Waals surface area contributed by atoms with Crippen LogP contribution in [0, 0.1) is 13.8 Å². The van der Waals surface area contributed by atoms with Crippen LogP contribution in [0.3, 0.4) is 0 Å². The molecule has 0 saturated heterocycles. The van der Waals surface area contributed by atoms with Gasteiger partial charge in [0.15, 0.2) is 0 Å². The van der Waals surface area contributed by atoms with E-state index in [2.05, 4.69) is 4.72 Å². The van der Waals surface area contributed by atoms with E-state index in [1.54, 1.807) is 0 Å². The molecule has 1 aliphatic rings. The number of benzene rings is 2. The second-order valence-electron chi connectivity index (χ2n) is 5.73. The molecule has 5 heteroatoms. The van der Waals surface area contributed by atoms with E-state index in [1.165, 1.54) is 4.31 Å². The minimum atomic E-state index is -3.61. The molecule has 4 nitrogen and oxygen atoms in total. The molecule has 1 aliphatic heterocycles. The van der Waals surface area contributed by atoms with Crippen LogP contribution in [0.2, 0.25) is 0 Å². The molecular formula is C17H20N2O2S. The zero-order chi connectivity index (χ0) is 15.7. The zero-order valence-electron chi connectivity index (χ0n) is 12.8. The average Bonchev–Trinajstić information content (AvgIpc) is 2.50. The van der Waals surface area contributed by atoms with Crippen LogP contribution in [-0.2, 0) is 16.6 Å². The topological polar surface area (TPSA) is 49.4 Å². The maximum Gasteiger partial charge on any atom is 0.323 e. The minimum absolute atomic E-state index is 0.511. The first-order valence-electron chi connectivity index (χ1n) is 7.43. The Balaban J connectivity index is 1.96. The average molecular weight is 316 g/mol. The summed E-state index contributed by atoms with van der Waals surface area (Å²) in [7, 11) is -3.61. The third kappa shape index (κ3) is 2.81. The Morgan fingerprint density at radius 3 is 2.68 bits per heavy atom. The van der Waals surface area contributed by atoms with Crippen molar-refractivity contribution in [1.29, 1.82) is 0 Å². The molecule has 0 bridgehead atoms. The summed E-state index contributed by atoms with van der Waals surface area (Å²) < 4.78 is 29.8. The third-order valence-corrected chi connectivity index (χ3v) is 5.43. The number of nitrogens with zero attached hydrogens (tertiary/aromatic N) is 1. The molecule has 1 heterocycles. The summed E-state index contributed by atoms with van der Waals surface area (Å²) in [6.45, 7) is 4.37. The number of rotatable bonds is 3. The van der Waals surface area contributed by atoms with Crippen LogP contribution in [0.5, 0.6) is 0 Å². The van der Waals surface area contributed by atoms with Crippen LogP contribution in [0.1, 0.15) is 23.1 Å². The van der Waals surface area contributed by atoms with Gasteiger partial charge in [0.2, 0.25) is 0 Å². The van der Waals surface area contributed by atoms with Gasteiger partial charge in [-0.05, 0) is 55.5 Å². The van der Waals surface area contributed by atoms with Crippen molar-refractivity contribution in [1.82, 2.24) is 0 Å². The van der Waals surface area contributed by atoms with Crippen molar-refractivity contribution in [2.75, 3.05) is 15.6 Å². The fraction of sp³-hybridized carbons (Fsp3) is 0.294. The number of hydrogen-bond acceptors (Lipinski definition) is 2. The molecule has 0 atom stereocenters. The molecule has 0 amide bonds. The lowest BCUT2D eigenvalue weighted by molar-refractivity contribution is 0.592. The Morgan fingerprint density at radius 2 is 1.86 bits per heavy atom. The molecule has 0 saturated carbocycles. The smallest absolute Gasteiger partial charge is 0.266 e. The fourth-order valence-electron chi connectivity index (χ4n) is 2.79. The Hall–Kier alpha value is -2.01. The van der Waals surface area contributed by atoms with E-state index in [9.17, 15) is 8.42 Å². The number of nitrogens with one attached hydrogen (secondary N) is 1. The van der Waals surface area contributed by atoms with Crippen molar-refractivity contribution < 1.29 is 8.42 Å². The van der Waals surface area contributed by atoms with E-state index < -0.39 is 10.2 Å². The minimum Gasteiger partial charge on any atom is -0.266 e. The molecule has 0 radical (unpaired) electrons. The van der Waals surface area contributed by atoms with Gasteiger partial charge < -0.3 is 0 Å². The first-order chi connectivity index (χ1) is 10.5. The summed E-state index contributed by atoms with van der Waals surface area (Å²) in [5.41, 5.74) is 4.46. The highest BCUT2D eigenvalue weighted by molar-refractivity contribution is 7.94. The predicted octanol–water partition coefficient (Wildman–Crippen LogP) is 3.41. The summed E-state index contributed by atoms with van der Waals surface area (Å²) in [5.74, 6) is 0. The first-order valence-corrected chi connectivity index (χ1v) is 8.87. The molecule has 0 unspecified atom stereocenters. The third-order valence-electron chi connectivity index (χ3n) is 3.99. The Bertz CT molecular complexity index is 800. The van der Waals surface area contributed by atoms with Crippen LogP contribution >= 0.6 is 0 Å². The molecule has 1 N–H and O–H groups in total. The van der Waals surface area contributed by atoms with Gasteiger partial charge in [-0.15, -0.1) is 0 Å². The van der Waals surface area contributed by atoms with Gasteiger partial charge in [-0.3, -0.25) is 9.03 Å². The Morgan fingerprint density at radius 1 is 1.09 bits per heavy atom. The van der Waals surface area contributed by atoms with Crippen LogP contribution < -0.4 is 9.03 Å². The highest BCUT2D eigenvalue weighted by Crippen LogP contribution is 2.30. The summed E-state index contributed by atoms with van der Waals surface area (Å²) >= 11 is 0. The van der Waals surface area contributed by atoms with E-state index in [1.807, 2.05) is 56.3 Å². The molecule has 116 valence electrons. The highest BCUT2D eigenvalue weighted by atomic mass is 32.2. The van der Waals surface area contributed by atoms with E-state index in [0.29, 0.717) is 12.2 Å². The van der Waals surface area contributed by atoms with Crippen LogP contribution in [0.4, 0.5) is 11.4 Å². The Kier molecular flexibility index (Phi) is 3.83. The first kappa shape index (κ1) is 14.9. The van der Waals surface area contributed by atoms with Gasteiger partial charge in [-0.25, -0.2) is 0 Å². The van der Waals surface area contributed by atoms with Gasteiger partial charge in [0.05, 0.1) is 11.4 Å². The van der Waals surface area contributed by atoms with Gasteiger partial charge in [0.25, 0.3) is 0 Å². The normalized spacial score (nSPS) is 14.5. The number of aryl methyl sites for hydroxylation is 3. The van der Waals surface area contributed by atoms with Gasteiger partial charge >= 0.3 is 10.2 Å². The van der Waals surface area contributed by atoms with Gasteiger partial charge in [0.1, 0.15) is 0 Å². The standard InChI is InChI=1S/C17H20N2O2S/c1-13-9-10-14(2)16(12-13)18-22(20,21)19-11-5-7-15-6-3-4-8-17(15)19/h3-4,6,8-10,12,18H,5,7,11H2,1-2H3. The van der Waals surface area contributed by atoms with E-state index in [-0.39, 0.29) is 0 Å². The van der Waals surface area contributed by atoms with Crippen molar-refractivity contribution in [2.45, 2.75) is 26.7 Å². The van der Waals surface area contributed by atoms with Gasteiger partial charge in [-0.1, -0.05) is 30.3 Å². The number of anilines is 2. The van der Waals surface area contributed by atoms with Crippen molar-refractivity contribution in [3.8, 4) is 0 Å². The SMILES string of the molecule is Cc1ccc(C)c(NS(=O)(=O)N2CCCc3ccccc32)c1. The van der Waals surface area contributed by atoms with Crippen LogP contribution in [-0.4, -0.2) is 15.0 Å². The quantitative estimate of drug-likeness (QED) is 0.943. The summed E-state index contributed by atoms with van der Waals surface area (Å²) in [6, 6.07) is 13.5. The summed E-state index contributed by atoms with van der Waals surface area (Å²) in [6.07, 6.45) is 1.76. The van der Waals surface area contributed by atoms with Crippen molar-refractivity contribution in [3.63, 3.8) is 0 Å². The maximum absolute atomic E-state index is 12.8. The van der Waals surface area contributed by atoms with E-state index in [0.717, 1.165) is 35.2 Å². The molecule has 22 heavy (non-hydrogen) atoms. The molecule has 0 aliphatic carbocycles. The van der Waals surface area contributed by atoms with Crippen LogP contribution in [0.25, 0.3) is 0 Å². The molecular weight excluding hydrogens is 296 g/mol.